The highest BCUT2D eigenvalue weighted by Gasteiger charge is 2.37. The average Bonchev–Trinajstić information content (AvgIpc) is 3.11. The smallest absolute Gasteiger partial charge is 0.240 e. The molecule has 7 heteroatoms. The Balaban J connectivity index is 1.67. The van der Waals surface area contributed by atoms with Crippen LogP contribution in [-0.4, -0.2) is 26.0 Å². The maximum absolute atomic E-state index is 13.2. The molecule has 1 aliphatic heterocycles. The fourth-order valence-electron chi connectivity index (χ4n) is 3.31. The summed E-state index contributed by atoms with van der Waals surface area (Å²) < 4.78 is 1.93. The first-order valence-electron chi connectivity index (χ1n) is 9.46. The van der Waals surface area contributed by atoms with Gasteiger partial charge in [-0.05, 0) is 30.5 Å². The van der Waals surface area contributed by atoms with Gasteiger partial charge in [0.25, 0.3) is 0 Å². The lowest BCUT2D eigenvalue weighted by Crippen LogP contribution is -2.41. The number of nitrogens with zero attached hydrogens (tertiary/aromatic N) is 3. The number of rotatable bonds is 5. The minimum absolute atomic E-state index is 0.0491. The standard InChI is InChI=1S/C21H23N5OS/c1-3-9-17-23-24-21-26(17)25-18(15-11-5-4-6-12-15)19(28-21)20(27)22-16-13-8-7-10-14(16)2/h4-8,10-13,18-19,25H,3,9H2,1-2H3,(H,22,27)/t18-,19-/m1/s1. The van der Waals surface area contributed by atoms with Crippen LogP contribution < -0.4 is 10.7 Å². The van der Waals surface area contributed by atoms with Crippen LogP contribution in [0, 0.1) is 6.92 Å². The number of benzene rings is 2. The van der Waals surface area contributed by atoms with E-state index in [1.807, 2.05) is 66.2 Å². The maximum atomic E-state index is 13.2. The van der Waals surface area contributed by atoms with E-state index in [-0.39, 0.29) is 17.2 Å². The minimum Gasteiger partial charge on any atom is -0.325 e. The van der Waals surface area contributed by atoms with Gasteiger partial charge in [-0.1, -0.05) is 67.2 Å². The molecular formula is C21H23N5OS. The van der Waals surface area contributed by atoms with Crippen molar-refractivity contribution in [2.45, 2.75) is 43.1 Å². The van der Waals surface area contributed by atoms with Crippen LogP contribution in [-0.2, 0) is 11.2 Å². The second kappa shape index (κ2) is 8.06. The normalized spacial score (nSPS) is 18.2. The molecule has 0 saturated carbocycles. The number of carbonyl (C=O) groups excluding carboxylic acids is 1. The second-order valence-corrected chi connectivity index (χ2v) is 7.95. The molecule has 3 aromatic rings. The van der Waals surface area contributed by atoms with Crippen LogP contribution in [0.3, 0.4) is 0 Å². The summed E-state index contributed by atoms with van der Waals surface area (Å²) in [5, 5.41) is 12.0. The van der Waals surface area contributed by atoms with E-state index >= 15 is 0 Å². The molecular weight excluding hydrogens is 370 g/mol. The van der Waals surface area contributed by atoms with Crippen molar-refractivity contribution >= 4 is 23.4 Å². The van der Waals surface area contributed by atoms with Crippen LogP contribution >= 0.6 is 11.8 Å². The van der Waals surface area contributed by atoms with Crippen LogP contribution in [0.15, 0.2) is 59.8 Å². The van der Waals surface area contributed by atoms with Crippen molar-refractivity contribution in [2.24, 2.45) is 0 Å². The lowest BCUT2D eigenvalue weighted by molar-refractivity contribution is -0.116. The van der Waals surface area contributed by atoms with E-state index in [0.29, 0.717) is 0 Å². The number of nitrogens with one attached hydrogen (secondary N) is 2. The molecule has 4 rings (SSSR count). The molecule has 2 atom stereocenters. The van der Waals surface area contributed by atoms with Crippen molar-refractivity contribution in [3.63, 3.8) is 0 Å². The number of aryl methyl sites for hydroxylation is 2. The molecule has 0 bridgehead atoms. The minimum atomic E-state index is -0.367. The van der Waals surface area contributed by atoms with Crippen LogP contribution in [0.5, 0.6) is 0 Å². The number of hydrogen-bond donors (Lipinski definition) is 2. The Bertz CT molecular complexity index is 972. The molecule has 0 fully saturated rings. The highest BCUT2D eigenvalue weighted by atomic mass is 32.2. The van der Waals surface area contributed by atoms with Gasteiger partial charge in [0.1, 0.15) is 5.25 Å². The van der Waals surface area contributed by atoms with Crippen molar-refractivity contribution in [3.05, 3.63) is 71.5 Å². The third-order valence-electron chi connectivity index (χ3n) is 4.80. The van der Waals surface area contributed by atoms with Gasteiger partial charge < -0.3 is 10.7 Å². The number of anilines is 1. The molecule has 2 heterocycles. The fourth-order valence-corrected chi connectivity index (χ4v) is 4.41. The number of fused-ring (bicyclic) bond motifs is 1. The Morgan fingerprint density at radius 2 is 1.89 bits per heavy atom. The summed E-state index contributed by atoms with van der Waals surface area (Å²) in [6.45, 7) is 4.11. The topological polar surface area (TPSA) is 71.8 Å². The third kappa shape index (κ3) is 3.62. The Kier molecular flexibility index (Phi) is 5.34. The van der Waals surface area contributed by atoms with Gasteiger partial charge in [0.15, 0.2) is 5.82 Å². The lowest BCUT2D eigenvalue weighted by atomic mass is 10.0. The summed E-state index contributed by atoms with van der Waals surface area (Å²) in [4.78, 5) is 13.2. The molecule has 2 aromatic carbocycles. The first-order chi connectivity index (χ1) is 13.7. The van der Waals surface area contributed by atoms with Crippen LogP contribution in [0.4, 0.5) is 5.69 Å². The van der Waals surface area contributed by atoms with Crippen molar-refractivity contribution in [1.29, 1.82) is 0 Å². The summed E-state index contributed by atoms with van der Waals surface area (Å²) in [6, 6.07) is 17.7. The first-order valence-corrected chi connectivity index (χ1v) is 10.3. The van der Waals surface area contributed by atoms with E-state index in [4.69, 9.17) is 0 Å². The van der Waals surface area contributed by atoms with Gasteiger partial charge in [-0.3, -0.25) is 4.79 Å². The summed E-state index contributed by atoms with van der Waals surface area (Å²) in [7, 11) is 0. The highest BCUT2D eigenvalue weighted by Crippen LogP contribution is 2.37. The van der Waals surface area contributed by atoms with Gasteiger partial charge in [-0.2, -0.15) is 0 Å². The lowest BCUT2D eigenvalue weighted by Gasteiger charge is -2.33. The van der Waals surface area contributed by atoms with E-state index in [0.717, 1.165) is 40.6 Å². The Morgan fingerprint density at radius 3 is 2.64 bits per heavy atom. The van der Waals surface area contributed by atoms with Gasteiger partial charge in [0, 0.05) is 12.1 Å². The zero-order valence-corrected chi connectivity index (χ0v) is 16.7. The molecule has 1 aliphatic rings. The Morgan fingerprint density at radius 1 is 1.14 bits per heavy atom. The molecule has 6 nitrogen and oxygen atoms in total. The van der Waals surface area contributed by atoms with Gasteiger partial charge in [0.2, 0.25) is 11.1 Å². The molecule has 0 aliphatic carbocycles. The Labute approximate surface area is 168 Å². The van der Waals surface area contributed by atoms with E-state index in [9.17, 15) is 4.79 Å². The molecule has 0 unspecified atom stereocenters. The molecule has 0 saturated heterocycles. The Hall–Kier alpha value is -2.80. The number of carbonyl (C=O) groups is 1. The van der Waals surface area contributed by atoms with Crippen molar-refractivity contribution in [2.75, 3.05) is 10.7 Å². The predicted molar refractivity (Wildman–Crippen MR) is 112 cm³/mol. The second-order valence-electron chi connectivity index (χ2n) is 6.84. The summed E-state index contributed by atoms with van der Waals surface area (Å²) in [5.74, 6) is 0.843. The number of thioether (sulfide) groups is 1. The molecule has 0 spiro atoms. The van der Waals surface area contributed by atoms with Crippen LogP contribution in [0.2, 0.25) is 0 Å². The molecule has 1 amide bonds. The number of hydrogen-bond acceptors (Lipinski definition) is 5. The predicted octanol–water partition coefficient (Wildman–Crippen LogP) is 3.94. The molecule has 1 aromatic heterocycles. The quantitative estimate of drug-likeness (QED) is 0.687. The summed E-state index contributed by atoms with van der Waals surface area (Å²) >= 11 is 1.45. The summed E-state index contributed by atoms with van der Waals surface area (Å²) in [6.07, 6.45) is 1.82. The van der Waals surface area contributed by atoms with E-state index < -0.39 is 0 Å². The van der Waals surface area contributed by atoms with Crippen LogP contribution in [0.25, 0.3) is 0 Å². The maximum Gasteiger partial charge on any atom is 0.240 e. The highest BCUT2D eigenvalue weighted by molar-refractivity contribution is 8.00. The molecule has 28 heavy (non-hydrogen) atoms. The zero-order valence-electron chi connectivity index (χ0n) is 15.9. The number of para-hydroxylation sites is 1. The molecule has 0 radical (unpaired) electrons. The number of amides is 1. The van der Waals surface area contributed by atoms with Gasteiger partial charge in [0.05, 0.1) is 6.04 Å². The van der Waals surface area contributed by atoms with Crippen molar-refractivity contribution in [1.82, 2.24) is 14.9 Å². The zero-order chi connectivity index (χ0) is 19.5. The fraction of sp³-hybridized carbons (Fsp3) is 0.286. The summed E-state index contributed by atoms with van der Waals surface area (Å²) in [5.41, 5.74) is 6.41. The van der Waals surface area contributed by atoms with Crippen LogP contribution in [0.1, 0.15) is 36.3 Å². The van der Waals surface area contributed by atoms with Gasteiger partial charge >= 0.3 is 0 Å². The van der Waals surface area contributed by atoms with E-state index in [1.165, 1.54) is 11.8 Å². The third-order valence-corrected chi connectivity index (χ3v) is 6.01. The van der Waals surface area contributed by atoms with Crippen molar-refractivity contribution in [3.8, 4) is 0 Å². The first kappa shape index (κ1) is 18.6. The van der Waals surface area contributed by atoms with E-state index in [2.05, 4.69) is 27.9 Å². The molecule has 144 valence electrons. The molecule has 2 N–H and O–H groups in total. The SMILES string of the molecule is CCCc1nnc2n1N[C@H](c1ccccc1)[C@H](C(=O)Nc1ccccc1C)S2. The monoisotopic (exact) mass is 393 g/mol. The average molecular weight is 394 g/mol. The van der Waals surface area contributed by atoms with Gasteiger partial charge in [-0.15, -0.1) is 10.2 Å². The largest absolute Gasteiger partial charge is 0.325 e. The van der Waals surface area contributed by atoms with Gasteiger partial charge in [-0.25, -0.2) is 4.68 Å². The number of aromatic nitrogens is 3. The van der Waals surface area contributed by atoms with E-state index in [1.54, 1.807) is 0 Å². The van der Waals surface area contributed by atoms with Crippen molar-refractivity contribution < 1.29 is 4.79 Å².